The summed E-state index contributed by atoms with van der Waals surface area (Å²) in [5.74, 6) is 0.365. The highest BCUT2D eigenvalue weighted by Gasteiger charge is 2.70. The quantitative estimate of drug-likeness (QED) is 0.159. The van der Waals surface area contributed by atoms with Crippen LogP contribution >= 0.6 is 0 Å². The van der Waals surface area contributed by atoms with E-state index in [1.165, 1.54) is 5.57 Å². The second-order valence-electron chi connectivity index (χ2n) is 20.0. The maximum atomic E-state index is 13.9. The van der Waals surface area contributed by atoms with E-state index in [-0.39, 0.29) is 75.8 Å². The Labute approximate surface area is 311 Å². The van der Waals surface area contributed by atoms with E-state index in [9.17, 15) is 19.2 Å². The van der Waals surface area contributed by atoms with Gasteiger partial charge in [-0.05, 0) is 120 Å². The van der Waals surface area contributed by atoms with E-state index in [0.29, 0.717) is 24.7 Å². The number of esters is 2. The van der Waals surface area contributed by atoms with Gasteiger partial charge in [0.2, 0.25) is 6.08 Å². The number of carbonyl (C=O) groups excluding carboxylic acids is 4. The minimum absolute atomic E-state index is 0.00601. The second kappa shape index (κ2) is 12.5. The maximum Gasteiger partial charge on any atom is 0.309 e. The number of ether oxygens (including phenoxy) is 2. The Bertz CT molecular complexity index is 1720. The van der Waals surface area contributed by atoms with Crippen molar-refractivity contribution in [2.75, 3.05) is 0 Å². The van der Waals surface area contributed by atoms with Crippen molar-refractivity contribution in [2.45, 2.75) is 145 Å². The van der Waals surface area contributed by atoms with Crippen LogP contribution in [0.15, 0.2) is 46.5 Å². The van der Waals surface area contributed by atoms with Gasteiger partial charge in [0.1, 0.15) is 18.2 Å². The van der Waals surface area contributed by atoms with Crippen LogP contribution in [0.4, 0.5) is 0 Å². The minimum atomic E-state index is -0.700. The maximum absolute atomic E-state index is 13.9. The molecule has 1 aromatic carbocycles. The third kappa shape index (κ3) is 5.21. The number of benzene rings is 1. The van der Waals surface area contributed by atoms with Crippen LogP contribution in [-0.2, 0) is 35.3 Å². The molecular formula is C45H61NO6. The molecule has 10 atom stereocenters. The zero-order valence-corrected chi connectivity index (χ0v) is 33.1. The van der Waals surface area contributed by atoms with Crippen molar-refractivity contribution in [2.24, 2.45) is 67.6 Å². The molecule has 1 aromatic rings. The van der Waals surface area contributed by atoms with Gasteiger partial charge in [-0.25, -0.2) is 4.79 Å². The molecule has 0 heterocycles. The van der Waals surface area contributed by atoms with Gasteiger partial charge in [-0.3, -0.25) is 14.4 Å². The van der Waals surface area contributed by atoms with Gasteiger partial charge in [-0.2, -0.15) is 4.99 Å². The molecule has 1 unspecified atom stereocenters. The molecule has 282 valence electrons. The standard InChI is InChI=1S/C45H61NO6/c1-27(2)36-32(48)24-45(46-26-47)22-21-43(8)29(37(36)45)15-16-34-42(7)19-18-35(41(5,6)33(42)17-20-44(34,43)9)52-39(50)31-23-30(40(31,3)4)38(49)51-25-28-13-11-10-12-14-28/h10-14,27,29-31,33-35H,15-25H2,1-9H3/t29?,30-,31+,33-,34+,35-,42-,43+,44+,45+/m0/s1. The molecule has 0 radical (unpaired) electrons. The van der Waals surface area contributed by atoms with E-state index in [2.05, 4.69) is 53.5 Å². The molecule has 0 bridgehead atoms. The van der Waals surface area contributed by atoms with Crippen molar-refractivity contribution in [1.29, 1.82) is 0 Å². The molecule has 0 amide bonds. The average Bonchev–Trinajstić information content (AvgIpc) is 3.37. The summed E-state index contributed by atoms with van der Waals surface area (Å²) in [6.45, 7) is 20.7. The van der Waals surface area contributed by atoms with Crippen LogP contribution in [0.1, 0.15) is 132 Å². The topological polar surface area (TPSA) is 99.1 Å². The number of nitrogens with zero attached hydrogens (tertiary/aromatic N) is 1. The lowest BCUT2D eigenvalue weighted by molar-refractivity contribution is -0.235. The molecule has 0 aliphatic heterocycles. The fourth-order valence-corrected chi connectivity index (χ4v) is 13.8. The Kier molecular flexibility index (Phi) is 8.96. The zero-order chi connectivity index (χ0) is 37.6. The van der Waals surface area contributed by atoms with Gasteiger partial charge in [-0.1, -0.05) is 92.6 Å². The van der Waals surface area contributed by atoms with Crippen molar-refractivity contribution < 1.29 is 28.7 Å². The number of ketones is 1. The molecular weight excluding hydrogens is 650 g/mol. The van der Waals surface area contributed by atoms with Crippen molar-refractivity contribution in [3.05, 3.63) is 47.0 Å². The van der Waals surface area contributed by atoms with Crippen LogP contribution in [-0.4, -0.2) is 35.4 Å². The number of fused-ring (bicyclic) bond motifs is 7. The first-order valence-corrected chi connectivity index (χ1v) is 20.2. The van der Waals surface area contributed by atoms with Crippen LogP contribution in [0.3, 0.4) is 0 Å². The van der Waals surface area contributed by atoms with Crippen LogP contribution in [0, 0.1) is 62.6 Å². The number of hydrogen-bond donors (Lipinski definition) is 0. The highest BCUT2D eigenvalue weighted by atomic mass is 16.5. The number of aliphatic imine (C=N–C) groups is 1. The van der Waals surface area contributed by atoms with Crippen molar-refractivity contribution in [3.8, 4) is 0 Å². The molecule has 6 aliphatic carbocycles. The van der Waals surface area contributed by atoms with Gasteiger partial charge in [0, 0.05) is 11.8 Å². The second-order valence-corrected chi connectivity index (χ2v) is 20.0. The third-order valence-corrected chi connectivity index (χ3v) is 16.9. The van der Waals surface area contributed by atoms with E-state index in [1.54, 1.807) is 0 Å². The first-order valence-electron chi connectivity index (χ1n) is 20.2. The number of carbonyl (C=O) groups is 3. The summed E-state index contributed by atoms with van der Waals surface area (Å²) in [5, 5.41) is 0. The summed E-state index contributed by atoms with van der Waals surface area (Å²) >= 11 is 0. The van der Waals surface area contributed by atoms with Crippen molar-refractivity contribution in [1.82, 2.24) is 0 Å². The fourth-order valence-electron chi connectivity index (χ4n) is 13.8. The Morgan fingerprint density at radius 2 is 1.52 bits per heavy atom. The smallest absolute Gasteiger partial charge is 0.309 e. The van der Waals surface area contributed by atoms with Gasteiger partial charge in [0.15, 0.2) is 5.78 Å². The first-order chi connectivity index (χ1) is 24.4. The summed E-state index contributed by atoms with van der Waals surface area (Å²) < 4.78 is 12.2. The predicted molar refractivity (Wildman–Crippen MR) is 199 cm³/mol. The molecule has 7 rings (SSSR count). The van der Waals surface area contributed by atoms with E-state index >= 15 is 0 Å². The molecule has 52 heavy (non-hydrogen) atoms. The van der Waals surface area contributed by atoms with Gasteiger partial charge in [-0.15, -0.1) is 0 Å². The van der Waals surface area contributed by atoms with Crippen LogP contribution < -0.4 is 0 Å². The number of rotatable bonds is 7. The van der Waals surface area contributed by atoms with Crippen molar-refractivity contribution >= 4 is 23.8 Å². The number of allylic oxidation sites excluding steroid dienone is 1. The Hall–Kier alpha value is -3.05. The first kappa shape index (κ1) is 37.3. The summed E-state index contributed by atoms with van der Waals surface area (Å²) in [6, 6.07) is 9.69. The fraction of sp³-hybridized carbons (Fsp3) is 0.733. The lowest BCUT2D eigenvalue weighted by Crippen LogP contribution is -2.66. The molecule has 0 aromatic heterocycles. The van der Waals surface area contributed by atoms with Gasteiger partial charge in [0.25, 0.3) is 0 Å². The highest BCUT2D eigenvalue weighted by molar-refractivity contribution is 6.01. The molecule has 7 nitrogen and oxygen atoms in total. The van der Waals surface area contributed by atoms with Crippen LogP contribution in [0.25, 0.3) is 0 Å². The van der Waals surface area contributed by atoms with Gasteiger partial charge in [0.05, 0.1) is 11.8 Å². The summed E-state index contributed by atoms with van der Waals surface area (Å²) in [5.41, 5.74) is 1.79. The zero-order valence-electron chi connectivity index (χ0n) is 33.1. The molecule has 5 fully saturated rings. The average molecular weight is 712 g/mol. The van der Waals surface area contributed by atoms with Crippen LogP contribution in [0.5, 0.6) is 0 Å². The normalized spacial score (nSPS) is 41.4. The molecule has 7 heteroatoms. The molecule has 0 saturated heterocycles. The van der Waals surface area contributed by atoms with E-state index < -0.39 is 11.0 Å². The van der Waals surface area contributed by atoms with Crippen LogP contribution in [0.2, 0.25) is 0 Å². The Balaban J connectivity index is 1.07. The SMILES string of the molecule is CC(C)C1=C2C3CC[C@@H]4[C@@]5(C)CC[C@H](OC(=O)[C@H]6C[C@@H](C(=O)OCc7ccccc7)C6(C)C)C(C)(C)[C@@H]5CC[C@@]4(C)[C@]3(C)CC[C@@]2(N=C=O)CC1=O. The molecule has 5 saturated carbocycles. The van der Waals surface area contributed by atoms with Crippen molar-refractivity contribution in [3.63, 3.8) is 0 Å². The summed E-state index contributed by atoms with van der Waals surface area (Å²) in [7, 11) is 0. The Morgan fingerprint density at radius 1 is 0.827 bits per heavy atom. The van der Waals surface area contributed by atoms with E-state index in [4.69, 9.17) is 9.47 Å². The van der Waals surface area contributed by atoms with E-state index in [0.717, 1.165) is 62.5 Å². The molecule has 6 aliphatic rings. The number of hydrogen-bond acceptors (Lipinski definition) is 7. The Morgan fingerprint density at radius 3 is 2.17 bits per heavy atom. The summed E-state index contributed by atoms with van der Waals surface area (Å²) in [4.78, 5) is 56.8. The number of isocyanates is 1. The highest BCUT2D eigenvalue weighted by Crippen LogP contribution is 2.76. The minimum Gasteiger partial charge on any atom is -0.462 e. The lowest BCUT2D eigenvalue weighted by Gasteiger charge is -2.72. The monoisotopic (exact) mass is 711 g/mol. The van der Waals surface area contributed by atoms with Gasteiger partial charge < -0.3 is 9.47 Å². The van der Waals surface area contributed by atoms with Gasteiger partial charge >= 0.3 is 11.9 Å². The molecule has 0 N–H and O–H groups in total. The lowest BCUT2D eigenvalue weighted by atomic mass is 9.33. The predicted octanol–water partition coefficient (Wildman–Crippen LogP) is 9.37. The van der Waals surface area contributed by atoms with E-state index in [1.807, 2.05) is 50.3 Å². The molecule has 0 spiro atoms. The largest absolute Gasteiger partial charge is 0.462 e. The summed E-state index contributed by atoms with van der Waals surface area (Å²) in [6.07, 6.45) is 10.3. The third-order valence-electron chi connectivity index (χ3n) is 16.9. The number of Topliss-reactive ketones (excluding diaryl/α,β-unsaturated/α-hetero) is 1.